The first-order valence-corrected chi connectivity index (χ1v) is 6.22. The molecule has 0 radical (unpaired) electrons. The monoisotopic (exact) mass is 241 g/mol. The summed E-state index contributed by atoms with van der Waals surface area (Å²) in [5.74, 6) is 0.630. The molecular weight excluding hydrogens is 226 g/mol. The number of hydrogen-bond acceptors (Lipinski definition) is 3. The van der Waals surface area contributed by atoms with Gasteiger partial charge in [0.25, 0.3) is 0 Å². The lowest BCUT2D eigenvalue weighted by Crippen LogP contribution is -2.16. The molecule has 1 unspecified atom stereocenters. The number of nitrogens with one attached hydrogen (secondary N) is 1. The highest BCUT2D eigenvalue weighted by Gasteiger charge is 2.15. The van der Waals surface area contributed by atoms with Crippen LogP contribution in [0.4, 0.5) is 0 Å². The van der Waals surface area contributed by atoms with E-state index in [4.69, 9.17) is 4.74 Å². The molecule has 3 rings (SSSR count). The molecule has 18 heavy (non-hydrogen) atoms. The van der Waals surface area contributed by atoms with E-state index in [1.54, 1.807) is 6.20 Å². The first-order valence-electron chi connectivity index (χ1n) is 6.22. The highest BCUT2D eigenvalue weighted by molar-refractivity contribution is 5.63. The summed E-state index contributed by atoms with van der Waals surface area (Å²) in [5.41, 5.74) is 1.79. The molecule has 1 atom stereocenters. The zero-order valence-electron chi connectivity index (χ0n) is 10.0. The summed E-state index contributed by atoms with van der Waals surface area (Å²) < 4.78 is 5.91. The molecule has 2 heterocycles. The fourth-order valence-electron chi connectivity index (χ4n) is 2.10. The van der Waals surface area contributed by atoms with Crippen molar-refractivity contribution in [3.8, 4) is 17.1 Å². The van der Waals surface area contributed by atoms with Crippen molar-refractivity contribution in [3.05, 3.63) is 42.7 Å². The van der Waals surface area contributed by atoms with Gasteiger partial charge >= 0.3 is 0 Å². The van der Waals surface area contributed by atoms with Gasteiger partial charge in [-0.1, -0.05) is 12.1 Å². The van der Waals surface area contributed by atoms with Gasteiger partial charge in [-0.25, -0.2) is 0 Å². The van der Waals surface area contributed by atoms with E-state index in [2.05, 4.69) is 27.3 Å². The van der Waals surface area contributed by atoms with Crippen LogP contribution >= 0.6 is 0 Å². The van der Waals surface area contributed by atoms with E-state index in [9.17, 15) is 0 Å². The lowest BCUT2D eigenvalue weighted by atomic mass is 10.1. The van der Waals surface area contributed by atoms with Gasteiger partial charge in [0.15, 0.2) is 0 Å². The summed E-state index contributed by atoms with van der Waals surface area (Å²) in [5, 5.41) is 7.01. The van der Waals surface area contributed by atoms with E-state index in [1.807, 2.05) is 24.4 Å². The fourth-order valence-corrected chi connectivity index (χ4v) is 2.10. The van der Waals surface area contributed by atoms with Gasteiger partial charge in [0.2, 0.25) is 5.88 Å². The van der Waals surface area contributed by atoms with Crippen LogP contribution in [-0.4, -0.2) is 21.3 Å². The summed E-state index contributed by atoms with van der Waals surface area (Å²) in [6.45, 7) is 0. The number of ether oxygens (including phenoxy) is 1. The highest BCUT2D eigenvalue weighted by Crippen LogP contribution is 2.27. The Balaban J connectivity index is 1.83. The molecule has 0 bridgehead atoms. The smallest absolute Gasteiger partial charge is 0.242 e. The van der Waals surface area contributed by atoms with Gasteiger partial charge < -0.3 is 4.74 Å². The first kappa shape index (κ1) is 11.0. The van der Waals surface area contributed by atoms with Crippen molar-refractivity contribution in [3.63, 3.8) is 0 Å². The molecule has 0 aromatic carbocycles. The first-order chi connectivity index (χ1) is 8.93. The minimum atomic E-state index is 0.129. The predicted octanol–water partition coefficient (Wildman–Crippen LogP) is 2.96. The Kier molecular flexibility index (Phi) is 3.08. The molecule has 2 aromatic rings. The van der Waals surface area contributed by atoms with Crippen LogP contribution in [0.3, 0.4) is 0 Å². The van der Waals surface area contributed by atoms with E-state index in [0.717, 1.165) is 24.1 Å². The third-order valence-electron chi connectivity index (χ3n) is 3.02. The quantitative estimate of drug-likeness (QED) is 0.840. The van der Waals surface area contributed by atoms with Crippen LogP contribution in [0.5, 0.6) is 5.88 Å². The van der Waals surface area contributed by atoms with Crippen molar-refractivity contribution < 1.29 is 4.74 Å². The summed E-state index contributed by atoms with van der Waals surface area (Å²) in [6, 6.07) is 5.81. The van der Waals surface area contributed by atoms with Crippen molar-refractivity contribution in [1.29, 1.82) is 0 Å². The van der Waals surface area contributed by atoms with Crippen molar-refractivity contribution >= 4 is 0 Å². The largest absolute Gasteiger partial charge is 0.469 e. The molecule has 4 heteroatoms. The number of nitrogens with zero attached hydrogens (tertiary/aromatic N) is 2. The zero-order chi connectivity index (χ0) is 12.2. The Morgan fingerprint density at radius 1 is 1.33 bits per heavy atom. The summed E-state index contributed by atoms with van der Waals surface area (Å²) in [7, 11) is 0. The molecular formula is C14H15N3O. The average molecular weight is 241 g/mol. The fraction of sp³-hybridized carbons (Fsp3) is 0.286. The second kappa shape index (κ2) is 5.04. The number of allylic oxidation sites excluding steroid dienone is 1. The van der Waals surface area contributed by atoms with Crippen molar-refractivity contribution in [1.82, 2.24) is 15.2 Å². The Labute approximate surface area is 106 Å². The van der Waals surface area contributed by atoms with Gasteiger partial charge in [0, 0.05) is 12.4 Å². The third-order valence-corrected chi connectivity index (χ3v) is 3.02. The number of hydrogen-bond donors (Lipinski definition) is 1. The topological polar surface area (TPSA) is 50.8 Å². The van der Waals surface area contributed by atoms with Crippen LogP contribution in [0.2, 0.25) is 0 Å². The maximum Gasteiger partial charge on any atom is 0.242 e. The normalized spacial score (nSPS) is 18.8. The number of pyridine rings is 1. The molecule has 0 fully saturated rings. The number of H-pyrrole nitrogens is 1. The average Bonchev–Trinajstić information content (AvgIpc) is 2.89. The molecule has 1 aliphatic rings. The highest BCUT2D eigenvalue weighted by atomic mass is 16.5. The molecule has 92 valence electrons. The molecule has 2 aromatic heterocycles. The minimum absolute atomic E-state index is 0.129. The molecule has 0 aliphatic heterocycles. The maximum atomic E-state index is 5.91. The second-order valence-electron chi connectivity index (χ2n) is 4.33. The Morgan fingerprint density at radius 3 is 3.11 bits per heavy atom. The Hall–Kier alpha value is -2.10. The van der Waals surface area contributed by atoms with Gasteiger partial charge in [-0.3, -0.25) is 10.1 Å². The second-order valence-corrected chi connectivity index (χ2v) is 4.33. The number of aromatic amines is 1. The van der Waals surface area contributed by atoms with Crippen LogP contribution < -0.4 is 4.74 Å². The van der Waals surface area contributed by atoms with Crippen LogP contribution in [0, 0.1) is 0 Å². The number of aromatic nitrogens is 3. The van der Waals surface area contributed by atoms with E-state index >= 15 is 0 Å². The minimum Gasteiger partial charge on any atom is -0.469 e. The lowest BCUT2D eigenvalue weighted by molar-refractivity contribution is 0.221. The molecule has 0 saturated heterocycles. The molecule has 0 saturated carbocycles. The molecule has 1 aliphatic carbocycles. The van der Waals surface area contributed by atoms with Crippen molar-refractivity contribution in [2.45, 2.75) is 25.4 Å². The van der Waals surface area contributed by atoms with Gasteiger partial charge in [-0.05, 0) is 37.5 Å². The maximum absolute atomic E-state index is 5.91. The molecule has 4 nitrogen and oxygen atoms in total. The molecule has 1 N–H and O–H groups in total. The van der Waals surface area contributed by atoms with E-state index in [-0.39, 0.29) is 6.10 Å². The Morgan fingerprint density at radius 2 is 2.33 bits per heavy atom. The Bertz CT molecular complexity index is 533. The van der Waals surface area contributed by atoms with Crippen LogP contribution in [0.25, 0.3) is 11.3 Å². The predicted molar refractivity (Wildman–Crippen MR) is 69.2 cm³/mol. The third kappa shape index (κ3) is 2.27. The van der Waals surface area contributed by atoms with Crippen LogP contribution in [0.1, 0.15) is 19.3 Å². The van der Waals surface area contributed by atoms with Gasteiger partial charge in [-0.2, -0.15) is 0 Å². The van der Waals surface area contributed by atoms with Gasteiger partial charge in [0.1, 0.15) is 6.10 Å². The van der Waals surface area contributed by atoms with Crippen molar-refractivity contribution in [2.24, 2.45) is 0 Å². The van der Waals surface area contributed by atoms with Crippen LogP contribution in [0.15, 0.2) is 42.7 Å². The summed E-state index contributed by atoms with van der Waals surface area (Å²) in [4.78, 5) is 4.32. The summed E-state index contributed by atoms with van der Waals surface area (Å²) >= 11 is 0. The van der Waals surface area contributed by atoms with Gasteiger partial charge in [0.05, 0.1) is 11.3 Å². The van der Waals surface area contributed by atoms with Crippen LogP contribution in [-0.2, 0) is 0 Å². The zero-order valence-corrected chi connectivity index (χ0v) is 10.0. The lowest BCUT2D eigenvalue weighted by Gasteiger charge is -2.17. The molecule has 0 spiro atoms. The molecule has 0 amide bonds. The van der Waals surface area contributed by atoms with E-state index in [0.29, 0.717) is 5.88 Å². The summed E-state index contributed by atoms with van der Waals surface area (Å²) in [6.07, 6.45) is 11.4. The van der Waals surface area contributed by atoms with E-state index < -0.39 is 0 Å². The SMILES string of the molecule is C1=CC(Oc2n[nH]cc2-c2ccccn2)CCC1. The van der Waals surface area contributed by atoms with E-state index in [1.165, 1.54) is 6.42 Å². The standard InChI is InChI=1S/C14H15N3O/c1-2-6-11(7-3-1)18-14-12(10-16-17-14)13-8-4-5-9-15-13/h2,4-6,8-11H,1,3,7H2,(H,16,17). The van der Waals surface area contributed by atoms with Gasteiger partial charge in [-0.15, -0.1) is 5.10 Å². The number of rotatable bonds is 3. The van der Waals surface area contributed by atoms with Crippen molar-refractivity contribution in [2.75, 3.05) is 0 Å².